The summed E-state index contributed by atoms with van der Waals surface area (Å²) in [7, 11) is 0. The van der Waals surface area contributed by atoms with Gasteiger partial charge in [0.15, 0.2) is 6.04 Å². The van der Waals surface area contributed by atoms with Gasteiger partial charge in [-0.1, -0.05) is 0 Å². The van der Waals surface area contributed by atoms with Gasteiger partial charge in [-0.05, 0) is 27.7 Å². The first-order chi connectivity index (χ1) is 6.29. The Labute approximate surface area is 82.8 Å². The molecule has 1 saturated heterocycles. The highest BCUT2D eigenvalue weighted by atomic mass is 16.6. The lowest BCUT2D eigenvalue weighted by Gasteiger charge is -2.26. The third kappa shape index (κ3) is 2.70. The van der Waals surface area contributed by atoms with E-state index < -0.39 is 24.2 Å². The van der Waals surface area contributed by atoms with Gasteiger partial charge in [-0.25, -0.2) is 9.59 Å². The van der Waals surface area contributed by atoms with Crippen LogP contribution in [-0.4, -0.2) is 29.8 Å². The molecule has 1 fully saturated rings. The highest BCUT2D eigenvalue weighted by Crippen LogP contribution is 2.15. The zero-order valence-electron chi connectivity index (χ0n) is 8.79. The Kier molecular flexibility index (Phi) is 2.80. The molecule has 14 heavy (non-hydrogen) atoms. The second-order valence-electron chi connectivity index (χ2n) is 4.27. The number of carbonyl (C=O) groups is 2. The topological polar surface area (TPSA) is 64.6 Å². The van der Waals surface area contributed by atoms with Crippen LogP contribution in [0.5, 0.6) is 0 Å². The molecule has 5 nitrogen and oxygen atoms in total. The normalized spacial score (nSPS) is 24.4. The van der Waals surface area contributed by atoms with E-state index >= 15 is 0 Å². The molecular formula is C9H15NO4. The van der Waals surface area contributed by atoms with E-state index in [1.165, 1.54) is 0 Å². The molecule has 0 aromatic rings. The average molecular weight is 201 g/mol. The standard InChI is InChI=1S/C9H15NO4/c1-5(14-9(2,3)4)6-7(11)13-8(12)10-6/h5-6H,1-4H3,(H,10,12)/t5-,6?/m1/s1. The molecule has 2 atom stereocenters. The first-order valence-electron chi connectivity index (χ1n) is 4.49. The van der Waals surface area contributed by atoms with Crippen LogP contribution in [0.1, 0.15) is 27.7 Å². The Morgan fingerprint density at radius 2 is 2.00 bits per heavy atom. The fourth-order valence-electron chi connectivity index (χ4n) is 1.30. The molecule has 1 amide bonds. The fraction of sp³-hybridized carbons (Fsp3) is 0.778. The first-order valence-corrected chi connectivity index (χ1v) is 4.49. The molecule has 0 aromatic heterocycles. The second-order valence-corrected chi connectivity index (χ2v) is 4.27. The number of hydrogen-bond acceptors (Lipinski definition) is 4. The monoisotopic (exact) mass is 201 g/mol. The van der Waals surface area contributed by atoms with Crippen molar-refractivity contribution in [1.82, 2.24) is 5.32 Å². The van der Waals surface area contributed by atoms with Crippen LogP contribution in [0.2, 0.25) is 0 Å². The third-order valence-electron chi connectivity index (χ3n) is 1.73. The largest absolute Gasteiger partial charge is 0.415 e. The number of ether oxygens (including phenoxy) is 2. The van der Waals surface area contributed by atoms with Crippen molar-refractivity contribution >= 4 is 12.1 Å². The van der Waals surface area contributed by atoms with Crippen LogP contribution in [0.25, 0.3) is 0 Å². The summed E-state index contributed by atoms with van der Waals surface area (Å²) in [5, 5.41) is 2.39. The molecule has 1 aliphatic heterocycles. The predicted octanol–water partition coefficient (Wildman–Crippen LogP) is 0.825. The van der Waals surface area contributed by atoms with Crippen LogP contribution < -0.4 is 5.32 Å². The lowest BCUT2D eigenvalue weighted by Crippen LogP contribution is -2.43. The van der Waals surface area contributed by atoms with Crippen LogP contribution >= 0.6 is 0 Å². The molecule has 0 spiro atoms. The van der Waals surface area contributed by atoms with E-state index in [2.05, 4.69) is 10.1 Å². The summed E-state index contributed by atoms with van der Waals surface area (Å²) in [5.41, 5.74) is -0.354. The molecule has 0 aromatic carbocycles. The van der Waals surface area contributed by atoms with Gasteiger partial charge in [0.05, 0.1) is 11.7 Å². The molecule has 1 rings (SSSR count). The maximum absolute atomic E-state index is 11.1. The Morgan fingerprint density at radius 1 is 1.43 bits per heavy atom. The third-order valence-corrected chi connectivity index (χ3v) is 1.73. The van der Waals surface area contributed by atoms with E-state index in [0.717, 1.165) is 0 Å². The molecule has 1 N–H and O–H groups in total. The van der Waals surface area contributed by atoms with E-state index in [9.17, 15) is 9.59 Å². The quantitative estimate of drug-likeness (QED) is 0.530. The van der Waals surface area contributed by atoms with Crippen molar-refractivity contribution in [2.75, 3.05) is 0 Å². The summed E-state index contributed by atoms with van der Waals surface area (Å²) in [6, 6.07) is -0.693. The molecule has 1 unspecified atom stereocenters. The fourth-order valence-corrected chi connectivity index (χ4v) is 1.30. The summed E-state index contributed by atoms with van der Waals surface area (Å²) in [4.78, 5) is 21.9. The minimum atomic E-state index is -0.704. The first kappa shape index (κ1) is 11.0. The molecule has 0 aliphatic carbocycles. The summed E-state index contributed by atoms with van der Waals surface area (Å²) < 4.78 is 9.87. The van der Waals surface area contributed by atoms with Gasteiger partial charge in [-0.3, -0.25) is 0 Å². The predicted molar refractivity (Wildman–Crippen MR) is 48.7 cm³/mol. The van der Waals surface area contributed by atoms with Crippen molar-refractivity contribution in [3.8, 4) is 0 Å². The molecule has 1 aliphatic rings. The van der Waals surface area contributed by atoms with Gasteiger partial charge in [-0.15, -0.1) is 0 Å². The number of amides is 1. The summed E-state index contributed by atoms with van der Waals surface area (Å²) in [6.45, 7) is 7.37. The highest BCUT2D eigenvalue weighted by Gasteiger charge is 2.38. The van der Waals surface area contributed by atoms with Gasteiger partial charge >= 0.3 is 12.1 Å². The zero-order chi connectivity index (χ0) is 10.9. The van der Waals surface area contributed by atoms with Crippen molar-refractivity contribution in [1.29, 1.82) is 0 Å². The van der Waals surface area contributed by atoms with Crippen LogP contribution in [0.4, 0.5) is 4.79 Å². The number of carbonyl (C=O) groups excluding carboxylic acids is 2. The van der Waals surface area contributed by atoms with Gasteiger partial charge in [0.2, 0.25) is 0 Å². The smallest absolute Gasteiger partial charge is 0.375 e. The van der Waals surface area contributed by atoms with Crippen molar-refractivity contribution < 1.29 is 19.1 Å². The summed E-state index contributed by atoms with van der Waals surface area (Å²) in [6.07, 6.45) is -1.10. The maximum Gasteiger partial charge on any atom is 0.415 e. The lowest BCUT2D eigenvalue weighted by molar-refractivity contribution is -0.141. The van der Waals surface area contributed by atoms with E-state index in [1.807, 2.05) is 20.8 Å². The van der Waals surface area contributed by atoms with E-state index in [-0.39, 0.29) is 5.60 Å². The molecule has 0 radical (unpaired) electrons. The van der Waals surface area contributed by atoms with Crippen LogP contribution in [-0.2, 0) is 14.3 Å². The van der Waals surface area contributed by atoms with Crippen LogP contribution in [0.15, 0.2) is 0 Å². The zero-order valence-corrected chi connectivity index (χ0v) is 8.79. The molecule has 0 bridgehead atoms. The Hall–Kier alpha value is -1.10. The highest BCUT2D eigenvalue weighted by molar-refractivity contribution is 5.95. The van der Waals surface area contributed by atoms with Crippen LogP contribution in [0, 0.1) is 0 Å². The van der Waals surface area contributed by atoms with Crippen molar-refractivity contribution in [2.24, 2.45) is 0 Å². The van der Waals surface area contributed by atoms with Crippen molar-refractivity contribution in [2.45, 2.75) is 45.4 Å². The Morgan fingerprint density at radius 3 is 2.36 bits per heavy atom. The summed E-state index contributed by atoms with van der Waals surface area (Å²) in [5.74, 6) is -0.577. The number of hydrogen-bond donors (Lipinski definition) is 1. The van der Waals surface area contributed by atoms with Gasteiger partial charge < -0.3 is 14.8 Å². The molecule has 5 heteroatoms. The van der Waals surface area contributed by atoms with Crippen LogP contribution in [0.3, 0.4) is 0 Å². The van der Waals surface area contributed by atoms with Gasteiger partial charge in [0.1, 0.15) is 0 Å². The average Bonchev–Trinajstić information content (AvgIpc) is 2.26. The van der Waals surface area contributed by atoms with Crippen molar-refractivity contribution in [3.63, 3.8) is 0 Å². The SMILES string of the molecule is C[C@@H](OC(C)(C)C)C1NC(=O)OC1=O. The molecule has 0 saturated carbocycles. The van der Waals surface area contributed by atoms with E-state index in [4.69, 9.17) is 4.74 Å². The minimum absolute atomic E-state index is 0.354. The molecule has 80 valence electrons. The molecular weight excluding hydrogens is 186 g/mol. The number of rotatable bonds is 2. The van der Waals surface area contributed by atoms with E-state index in [0.29, 0.717) is 0 Å². The minimum Gasteiger partial charge on any atom is -0.375 e. The van der Waals surface area contributed by atoms with Crippen molar-refractivity contribution in [3.05, 3.63) is 0 Å². The van der Waals surface area contributed by atoms with Gasteiger partial charge in [0.25, 0.3) is 0 Å². The number of nitrogens with one attached hydrogen (secondary N) is 1. The van der Waals surface area contributed by atoms with Gasteiger partial charge in [0, 0.05) is 0 Å². The van der Waals surface area contributed by atoms with E-state index in [1.54, 1.807) is 6.92 Å². The number of esters is 1. The Balaban J connectivity index is 2.57. The number of alkyl carbamates (subject to hydrolysis) is 1. The number of cyclic esters (lactones) is 2. The lowest BCUT2D eigenvalue weighted by atomic mass is 10.1. The van der Waals surface area contributed by atoms with Gasteiger partial charge in [-0.2, -0.15) is 0 Å². The molecule has 1 heterocycles. The Bertz CT molecular complexity index is 256. The second kappa shape index (κ2) is 3.57. The maximum atomic E-state index is 11.1. The summed E-state index contributed by atoms with van der Waals surface area (Å²) >= 11 is 0.